The van der Waals surface area contributed by atoms with Gasteiger partial charge in [-0.15, -0.1) is 0 Å². The van der Waals surface area contributed by atoms with Crippen molar-refractivity contribution in [3.05, 3.63) is 22.3 Å². The van der Waals surface area contributed by atoms with E-state index >= 15 is 0 Å². The van der Waals surface area contributed by atoms with Gasteiger partial charge in [0.05, 0.1) is 28.8 Å². The van der Waals surface area contributed by atoms with Crippen molar-refractivity contribution in [2.24, 2.45) is 0 Å². The highest BCUT2D eigenvalue weighted by Crippen LogP contribution is 2.22. The number of rotatable bonds is 3. The molecule has 0 radical (unpaired) electrons. The van der Waals surface area contributed by atoms with E-state index in [-0.39, 0.29) is 18.1 Å². The summed E-state index contributed by atoms with van der Waals surface area (Å²) in [4.78, 5) is 18.1. The van der Waals surface area contributed by atoms with Crippen LogP contribution < -0.4 is 5.32 Å². The van der Waals surface area contributed by atoms with E-state index in [1.165, 1.54) is 6.20 Å². The first-order chi connectivity index (χ1) is 9.44. The molecular weight excluding hydrogens is 301 g/mol. The van der Waals surface area contributed by atoms with Crippen LogP contribution in [0.3, 0.4) is 0 Å². The lowest BCUT2D eigenvalue weighted by Crippen LogP contribution is -2.48. The summed E-state index contributed by atoms with van der Waals surface area (Å²) in [6.45, 7) is 5.76. The fourth-order valence-electron chi connectivity index (χ4n) is 2.29. The Morgan fingerprint density at radius 3 is 2.70 bits per heavy atom. The zero-order valence-corrected chi connectivity index (χ0v) is 12.9. The molecule has 0 spiro atoms. The van der Waals surface area contributed by atoms with Crippen molar-refractivity contribution in [1.82, 2.24) is 9.88 Å². The van der Waals surface area contributed by atoms with Gasteiger partial charge in [-0.2, -0.15) is 0 Å². The van der Waals surface area contributed by atoms with Crippen molar-refractivity contribution in [3.63, 3.8) is 0 Å². The minimum absolute atomic E-state index is 0.129. The van der Waals surface area contributed by atoms with Gasteiger partial charge in [-0.05, 0) is 19.9 Å². The van der Waals surface area contributed by atoms with Gasteiger partial charge in [0.1, 0.15) is 0 Å². The average Bonchev–Trinajstić information content (AvgIpc) is 2.31. The van der Waals surface area contributed by atoms with E-state index in [1.54, 1.807) is 6.07 Å². The number of carbonyl (C=O) groups excluding carboxylic acids is 1. The Kier molecular flexibility index (Phi) is 5.21. The number of morpholine rings is 1. The zero-order valence-electron chi connectivity index (χ0n) is 11.4. The third-order valence-electron chi connectivity index (χ3n) is 2.93. The van der Waals surface area contributed by atoms with E-state index in [0.717, 1.165) is 13.1 Å². The second kappa shape index (κ2) is 6.72. The van der Waals surface area contributed by atoms with Crippen LogP contribution in [0.5, 0.6) is 0 Å². The second-order valence-corrected chi connectivity index (χ2v) is 5.83. The molecule has 0 saturated carbocycles. The number of halogens is 2. The largest absolute Gasteiger partial charge is 0.373 e. The molecule has 0 unspecified atom stereocenters. The Morgan fingerprint density at radius 2 is 2.10 bits per heavy atom. The van der Waals surface area contributed by atoms with Crippen molar-refractivity contribution >= 4 is 34.9 Å². The van der Waals surface area contributed by atoms with Gasteiger partial charge >= 0.3 is 0 Å². The van der Waals surface area contributed by atoms with Gasteiger partial charge in [0.2, 0.25) is 5.91 Å². The normalized spacial score (nSPS) is 23.6. The van der Waals surface area contributed by atoms with E-state index in [1.807, 2.05) is 13.8 Å². The van der Waals surface area contributed by atoms with Crippen LogP contribution in [0.15, 0.2) is 12.3 Å². The van der Waals surface area contributed by atoms with Crippen molar-refractivity contribution in [2.75, 3.05) is 25.0 Å². The lowest BCUT2D eigenvalue weighted by molar-refractivity contribution is -0.121. The van der Waals surface area contributed by atoms with Gasteiger partial charge < -0.3 is 10.1 Å². The lowest BCUT2D eigenvalue weighted by Gasteiger charge is -2.34. The van der Waals surface area contributed by atoms with Crippen molar-refractivity contribution in [3.8, 4) is 0 Å². The maximum Gasteiger partial charge on any atom is 0.239 e. The van der Waals surface area contributed by atoms with Crippen LogP contribution >= 0.6 is 23.2 Å². The molecule has 1 aromatic heterocycles. The van der Waals surface area contributed by atoms with Gasteiger partial charge in [-0.25, -0.2) is 4.98 Å². The smallest absolute Gasteiger partial charge is 0.239 e. The molecule has 1 saturated heterocycles. The molecule has 1 aromatic rings. The molecule has 1 aliphatic rings. The van der Waals surface area contributed by atoms with E-state index in [2.05, 4.69) is 15.2 Å². The number of ether oxygens (including phenoxy) is 1. The summed E-state index contributed by atoms with van der Waals surface area (Å²) in [5, 5.41) is 3.45. The quantitative estimate of drug-likeness (QED) is 0.930. The first-order valence-corrected chi connectivity index (χ1v) is 7.18. The van der Waals surface area contributed by atoms with Gasteiger partial charge in [0.15, 0.2) is 5.82 Å². The number of hydrogen-bond donors (Lipinski definition) is 1. The third-order valence-corrected chi connectivity index (χ3v) is 3.42. The standard InChI is InChI=1S/C13H17Cl2N3O2/c1-8-5-18(6-9(2)20-8)7-12(19)17-13-11(15)3-10(14)4-16-13/h3-4,8-9H,5-7H2,1-2H3,(H,16,17,19)/t8-,9+. The summed E-state index contributed by atoms with van der Waals surface area (Å²) in [6.07, 6.45) is 1.70. The number of nitrogens with zero attached hydrogens (tertiary/aromatic N) is 2. The number of pyridine rings is 1. The van der Waals surface area contributed by atoms with Gasteiger partial charge in [0, 0.05) is 19.3 Å². The molecule has 0 aliphatic carbocycles. The van der Waals surface area contributed by atoms with Crippen LogP contribution in [0.2, 0.25) is 10.0 Å². The van der Waals surface area contributed by atoms with Crippen LogP contribution in [0.4, 0.5) is 5.82 Å². The van der Waals surface area contributed by atoms with Gasteiger partial charge in [-0.3, -0.25) is 9.69 Å². The lowest BCUT2D eigenvalue weighted by atomic mass is 10.2. The number of aromatic nitrogens is 1. The second-order valence-electron chi connectivity index (χ2n) is 4.98. The molecule has 0 aromatic carbocycles. The van der Waals surface area contributed by atoms with Gasteiger partial charge in [0.25, 0.3) is 0 Å². The summed E-state index contributed by atoms with van der Waals surface area (Å²) in [5.74, 6) is 0.179. The summed E-state index contributed by atoms with van der Waals surface area (Å²) >= 11 is 11.7. The highest BCUT2D eigenvalue weighted by atomic mass is 35.5. The molecule has 1 amide bonds. The highest BCUT2D eigenvalue weighted by molar-refractivity contribution is 6.36. The molecule has 2 heterocycles. The molecule has 1 N–H and O–H groups in total. The summed E-state index contributed by atoms with van der Waals surface area (Å²) < 4.78 is 5.63. The minimum Gasteiger partial charge on any atom is -0.373 e. The third kappa shape index (κ3) is 4.31. The fourth-order valence-corrected chi connectivity index (χ4v) is 2.72. The topological polar surface area (TPSA) is 54.5 Å². The fraction of sp³-hybridized carbons (Fsp3) is 0.538. The van der Waals surface area contributed by atoms with E-state index in [0.29, 0.717) is 22.4 Å². The SMILES string of the molecule is C[C@@H]1CN(CC(=O)Nc2ncc(Cl)cc2Cl)C[C@H](C)O1. The Labute approximate surface area is 128 Å². The molecule has 2 rings (SSSR count). The first kappa shape index (κ1) is 15.5. The molecule has 7 heteroatoms. The van der Waals surface area contributed by atoms with Crippen LogP contribution in [-0.4, -0.2) is 47.6 Å². The zero-order chi connectivity index (χ0) is 14.7. The number of carbonyl (C=O) groups is 1. The highest BCUT2D eigenvalue weighted by Gasteiger charge is 2.23. The molecule has 1 aliphatic heterocycles. The molecule has 5 nitrogen and oxygen atoms in total. The van der Waals surface area contributed by atoms with E-state index in [4.69, 9.17) is 27.9 Å². The molecule has 1 fully saturated rings. The summed E-state index contributed by atoms with van der Waals surface area (Å²) in [5.41, 5.74) is 0. The maximum absolute atomic E-state index is 12.0. The van der Waals surface area contributed by atoms with Crippen molar-refractivity contribution in [2.45, 2.75) is 26.1 Å². The summed E-state index contributed by atoms with van der Waals surface area (Å²) in [6, 6.07) is 1.55. The van der Waals surface area contributed by atoms with Gasteiger partial charge in [-0.1, -0.05) is 23.2 Å². The summed E-state index contributed by atoms with van der Waals surface area (Å²) in [7, 11) is 0. The maximum atomic E-state index is 12.0. The Balaban J connectivity index is 1.92. The average molecular weight is 318 g/mol. The predicted molar refractivity (Wildman–Crippen MR) is 79.3 cm³/mol. The van der Waals surface area contributed by atoms with Crippen LogP contribution in [0.25, 0.3) is 0 Å². The van der Waals surface area contributed by atoms with Crippen molar-refractivity contribution in [1.29, 1.82) is 0 Å². The number of amides is 1. The number of nitrogens with one attached hydrogen (secondary N) is 1. The molecule has 2 atom stereocenters. The molecular formula is C13H17Cl2N3O2. The first-order valence-electron chi connectivity index (χ1n) is 6.42. The molecule has 20 heavy (non-hydrogen) atoms. The Morgan fingerprint density at radius 1 is 1.45 bits per heavy atom. The van der Waals surface area contributed by atoms with Crippen LogP contribution in [0, 0.1) is 0 Å². The predicted octanol–water partition coefficient (Wildman–Crippen LogP) is 2.44. The minimum atomic E-state index is -0.150. The van der Waals surface area contributed by atoms with Crippen LogP contribution in [0.1, 0.15) is 13.8 Å². The molecule has 0 bridgehead atoms. The van der Waals surface area contributed by atoms with Crippen molar-refractivity contribution < 1.29 is 9.53 Å². The molecule has 110 valence electrons. The van der Waals surface area contributed by atoms with E-state index < -0.39 is 0 Å². The number of anilines is 1. The van der Waals surface area contributed by atoms with Crippen LogP contribution in [-0.2, 0) is 9.53 Å². The Hall–Kier alpha value is -0.880. The monoisotopic (exact) mass is 317 g/mol. The Bertz CT molecular complexity index is 489. The number of hydrogen-bond acceptors (Lipinski definition) is 4. The van der Waals surface area contributed by atoms with E-state index in [9.17, 15) is 4.79 Å².